The highest BCUT2D eigenvalue weighted by Gasteiger charge is 2.37. The number of carbonyl (C=O) groups is 5. The smallest absolute Gasteiger partial charge is 0.408 e. The van der Waals surface area contributed by atoms with Gasteiger partial charge in [-0.3, -0.25) is 24.5 Å². The summed E-state index contributed by atoms with van der Waals surface area (Å²) >= 11 is 0. The molecule has 1 aromatic carbocycles. The van der Waals surface area contributed by atoms with E-state index >= 15 is 4.39 Å². The topological polar surface area (TPSA) is 134 Å². The summed E-state index contributed by atoms with van der Waals surface area (Å²) in [5.74, 6) is -2.92. The second-order valence-corrected chi connectivity index (χ2v) is 8.98. The van der Waals surface area contributed by atoms with Crippen LogP contribution in [0, 0.1) is 0 Å². The Kier molecular flexibility index (Phi) is 7.88. The van der Waals surface area contributed by atoms with Crippen LogP contribution in [0.5, 0.6) is 0 Å². The van der Waals surface area contributed by atoms with Crippen molar-refractivity contribution in [3.63, 3.8) is 0 Å². The normalized spacial score (nSPS) is 19.2. The lowest BCUT2D eigenvalue weighted by atomic mass is 9.97. The number of carbonyl (C=O) groups excluding carboxylic acids is 5. The van der Waals surface area contributed by atoms with E-state index in [0.717, 1.165) is 0 Å². The quantitative estimate of drug-likeness (QED) is 0.394. The van der Waals surface area contributed by atoms with Gasteiger partial charge in [-0.05, 0) is 38.8 Å². The van der Waals surface area contributed by atoms with Crippen LogP contribution in [0.15, 0.2) is 41.7 Å². The van der Waals surface area contributed by atoms with Gasteiger partial charge in [-0.15, -0.1) is 0 Å². The summed E-state index contributed by atoms with van der Waals surface area (Å²) in [6, 6.07) is 7.77. The highest BCUT2D eigenvalue weighted by Crippen LogP contribution is 2.25. The first-order chi connectivity index (χ1) is 16.5. The van der Waals surface area contributed by atoms with Crippen molar-refractivity contribution in [1.29, 1.82) is 0 Å². The summed E-state index contributed by atoms with van der Waals surface area (Å²) in [6.07, 6.45) is -1.23. The van der Waals surface area contributed by atoms with Crippen LogP contribution in [-0.2, 0) is 19.1 Å². The van der Waals surface area contributed by atoms with Crippen molar-refractivity contribution in [2.24, 2.45) is 0 Å². The van der Waals surface area contributed by atoms with E-state index in [2.05, 4.69) is 16.0 Å². The molecule has 3 rings (SSSR count). The zero-order chi connectivity index (χ0) is 25.8. The second kappa shape index (κ2) is 10.7. The molecule has 0 radical (unpaired) electrons. The predicted octanol–water partition coefficient (Wildman–Crippen LogP) is 1.57. The van der Waals surface area contributed by atoms with Gasteiger partial charge in [-0.25, -0.2) is 9.18 Å². The number of likely N-dealkylation sites (tertiary alicyclic amines) is 1. The van der Waals surface area contributed by atoms with Crippen molar-refractivity contribution >= 4 is 29.7 Å². The first kappa shape index (κ1) is 25.9. The van der Waals surface area contributed by atoms with Gasteiger partial charge in [0.15, 0.2) is 0 Å². The Morgan fingerprint density at radius 1 is 1.17 bits per heavy atom. The Labute approximate surface area is 202 Å². The Morgan fingerprint density at radius 2 is 1.83 bits per heavy atom. The predicted molar refractivity (Wildman–Crippen MR) is 123 cm³/mol. The fraction of sp³-hybridized carbons (Fsp3) is 0.458. The molecule has 2 aliphatic heterocycles. The fourth-order valence-corrected chi connectivity index (χ4v) is 3.80. The van der Waals surface area contributed by atoms with Gasteiger partial charge < -0.3 is 20.3 Å². The van der Waals surface area contributed by atoms with Crippen LogP contribution >= 0.6 is 0 Å². The zero-order valence-corrected chi connectivity index (χ0v) is 19.9. The highest BCUT2D eigenvalue weighted by atomic mass is 19.1. The van der Waals surface area contributed by atoms with Crippen molar-refractivity contribution < 1.29 is 33.1 Å². The third-order valence-corrected chi connectivity index (χ3v) is 5.83. The summed E-state index contributed by atoms with van der Waals surface area (Å²) in [6.45, 7) is 4.76. The van der Waals surface area contributed by atoms with Crippen LogP contribution in [0.1, 0.15) is 50.4 Å². The third kappa shape index (κ3) is 6.23. The largest absolute Gasteiger partial charge is 0.442 e. The molecule has 11 heteroatoms. The zero-order valence-electron chi connectivity index (χ0n) is 19.9. The minimum Gasteiger partial charge on any atom is -0.442 e. The molecule has 0 bridgehead atoms. The van der Waals surface area contributed by atoms with Crippen LogP contribution in [0.3, 0.4) is 0 Å². The number of hydrogen-bond donors (Lipinski definition) is 3. The lowest BCUT2D eigenvalue weighted by molar-refractivity contribution is -0.136. The molecule has 0 aliphatic carbocycles. The van der Waals surface area contributed by atoms with E-state index in [1.165, 1.54) is 18.7 Å². The molecule has 1 atom stereocenters. The minimum atomic E-state index is -1.58. The van der Waals surface area contributed by atoms with E-state index in [1.54, 1.807) is 37.3 Å². The molecule has 0 aromatic heterocycles. The standard InChI is InChI=1S/C24H29FN4O6/c1-4-16(20(31)26-17-10-11-18(30)27-21(17)32)19(25)24(2,3)28-23(34)35-15-12-29(13-15)22(33)14-8-6-5-7-9-14/h5-9,15,17H,4,10-13H2,1-3H3,(H,26,31)(H,28,34)(H,27,30,32)/b19-16-. The number of ether oxygens (including phenoxy) is 1. The molecule has 2 fully saturated rings. The van der Waals surface area contributed by atoms with Crippen molar-refractivity contribution in [3.8, 4) is 0 Å². The summed E-state index contributed by atoms with van der Waals surface area (Å²) in [5.41, 5.74) is -1.27. The molecule has 188 valence electrons. The molecule has 0 spiro atoms. The van der Waals surface area contributed by atoms with Crippen molar-refractivity contribution in [2.45, 2.75) is 57.7 Å². The lowest BCUT2D eigenvalue weighted by Crippen LogP contribution is -2.57. The number of piperidine rings is 1. The first-order valence-corrected chi connectivity index (χ1v) is 11.4. The number of benzene rings is 1. The Morgan fingerprint density at radius 3 is 2.43 bits per heavy atom. The van der Waals surface area contributed by atoms with E-state index in [1.807, 2.05) is 0 Å². The maximum atomic E-state index is 15.3. The van der Waals surface area contributed by atoms with Gasteiger partial charge in [0, 0.05) is 12.0 Å². The molecule has 3 N–H and O–H groups in total. The highest BCUT2D eigenvalue weighted by molar-refractivity contribution is 6.03. The van der Waals surface area contributed by atoms with E-state index in [9.17, 15) is 24.0 Å². The van der Waals surface area contributed by atoms with E-state index < -0.39 is 47.3 Å². The second-order valence-electron chi connectivity index (χ2n) is 8.98. The Hall–Kier alpha value is -3.76. The lowest BCUT2D eigenvalue weighted by Gasteiger charge is -2.39. The maximum absolute atomic E-state index is 15.3. The average molecular weight is 489 g/mol. The van der Waals surface area contributed by atoms with Crippen molar-refractivity contribution in [2.75, 3.05) is 13.1 Å². The van der Waals surface area contributed by atoms with E-state index in [-0.39, 0.29) is 43.8 Å². The number of imide groups is 1. The monoisotopic (exact) mass is 488 g/mol. The number of nitrogens with one attached hydrogen (secondary N) is 3. The van der Waals surface area contributed by atoms with Crippen LogP contribution in [0.2, 0.25) is 0 Å². The first-order valence-electron chi connectivity index (χ1n) is 11.4. The Bertz CT molecular complexity index is 1050. The molecular formula is C24H29FN4O6. The molecule has 2 saturated heterocycles. The molecule has 2 heterocycles. The third-order valence-electron chi connectivity index (χ3n) is 5.83. The summed E-state index contributed by atoms with van der Waals surface area (Å²) < 4.78 is 20.6. The molecule has 1 unspecified atom stereocenters. The molecule has 10 nitrogen and oxygen atoms in total. The van der Waals surface area contributed by atoms with Crippen LogP contribution in [0.25, 0.3) is 0 Å². The molecule has 35 heavy (non-hydrogen) atoms. The summed E-state index contributed by atoms with van der Waals surface area (Å²) in [7, 11) is 0. The minimum absolute atomic E-state index is 0.00424. The fourth-order valence-electron chi connectivity index (χ4n) is 3.80. The van der Waals surface area contributed by atoms with Gasteiger partial charge in [0.05, 0.1) is 24.2 Å². The van der Waals surface area contributed by atoms with Gasteiger partial charge in [0.1, 0.15) is 18.0 Å². The van der Waals surface area contributed by atoms with Gasteiger partial charge >= 0.3 is 6.09 Å². The number of amides is 5. The van der Waals surface area contributed by atoms with Crippen molar-refractivity contribution in [1.82, 2.24) is 20.9 Å². The molecule has 5 amide bonds. The number of nitrogens with zero attached hydrogens (tertiary/aromatic N) is 1. The molecular weight excluding hydrogens is 459 g/mol. The van der Waals surface area contributed by atoms with E-state index in [4.69, 9.17) is 4.74 Å². The number of rotatable bonds is 7. The van der Waals surface area contributed by atoms with Crippen LogP contribution in [0.4, 0.5) is 9.18 Å². The molecule has 0 saturated carbocycles. The molecule has 1 aromatic rings. The SMILES string of the molecule is CC/C(C(=O)NC1CCC(=O)NC1=O)=C(/F)C(C)(C)NC(=O)OC1CN(C(=O)c2ccccc2)C1. The van der Waals surface area contributed by atoms with E-state index in [0.29, 0.717) is 5.56 Å². The van der Waals surface area contributed by atoms with Gasteiger partial charge in [-0.2, -0.15) is 0 Å². The van der Waals surface area contributed by atoms with Crippen LogP contribution in [-0.4, -0.2) is 65.4 Å². The summed E-state index contributed by atoms with van der Waals surface area (Å²) in [5, 5.41) is 6.99. The van der Waals surface area contributed by atoms with Crippen molar-refractivity contribution in [3.05, 3.63) is 47.3 Å². The van der Waals surface area contributed by atoms with Gasteiger partial charge in [-0.1, -0.05) is 25.1 Å². The number of halogens is 1. The van der Waals surface area contributed by atoms with Gasteiger partial charge in [0.25, 0.3) is 11.8 Å². The van der Waals surface area contributed by atoms with Crippen LogP contribution < -0.4 is 16.0 Å². The van der Waals surface area contributed by atoms with Gasteiger partial charge in [0.2, 0.25) is 11.8 Å². The Balaban J connectivity index is 1.55. The number of alkyl carbamates (subject to hydrolysis) is 1. The maximum Gasteiger partial charge on any atom is 0.408 e. The summed E-state index contributed by atoms with van der Waals surface area (Å²) in [4.78, 5) is 62.1. The number of hydrogen-bond acceptors (Lipinski definition) is 6. The molecule has 2 aliphatic rings. The average Bonchev–Trinajstić information content (AvgIpc) is 2.78.